The topological polar surface area (TPSA) is 160 Å². The van der Waals surface area contributed by atoms with E-state index in [1.165, 1.54) is 0 Å². The second kappa shape index (κ2) is 3.64. The summed E-state index contributed by atoms with van der Waals surface area (Å²) in [5.41, 5.74) is 0. The molecule has 0 spiro atoms. The van der Waals surface area contributed by atoms with Crippen LogP contribution in [-0.4, -0.2) is 9.79 Å². The Morgan fingerprint density at radius 3 is 1.70 bits per heavy atom. The fraction of sp³-hybridized carbons (Fsp3) is 0. The van der Waals surface area contributed by atoms with E-state index in [0.29, 0.717) is 0 Å². The summed E-state index contributed by atoms with van der Waals surface area (Å²) >= 11 is -6.28. The Labute approximate surface area is 59.4 Å². The van der Waals surface area contributed by atoms with Crippen LogP contribution in [0, 0.1) is 0 Å². The number of hydrogen-bond donors (Lipinski definition) is 3. The van der Waals surface area contributed by atoms with Crippen molar-refractivity contribution in [1.29, 1.82) is 0 Å². The number of phosphoric acid groups is 1. The first-order valence-electron chi connectivity index (χ1n) is 1.43. The summed E-state index contributed by atoms with van der Waals surface area (Å²) in [5, 5.41) is 0. The van der Waals surface area contributed by atoms with Crippen LogP contribution in [0.2, 0.25) is 0 Å². The number of quaternary nitrogens is 1. The maximum Gasteiger partial charge on any atom is -0.369 e. The summed E-state index contributed by atoms with van der Waals surface area (Å²) in [4.78, 5) is 15.4. The molecule has 0 aromatic carbocycles. The van der Waals surface area contributed by atoms with E-state index in [9.17, 15) is 15.1 Å². The fourth-order valence-electron chi connectivity index (χ4n) is 0.119. The van der Waals surface area contributed by atoms with Gasteiger partial charge in [0.25, 0.3) is 0 Å². The molecule has 0 unspecified atom stereocenters. The van der Waals surface area contributed by atoms with Gasteiger partial charge in [-0.25, -0.2) is 0 Å². The summed E-state index contributed by atoms with van der Waals surface area (Å²) < 4.78 is 40.8. The van der Waals surface area contributed by atoms with Gasteiger partial charge in [0.15, 0.2) is 0 Å². The zero-order valence-corrected chi connectivity index (χ0v) is 7.69. The SMILES string of the molecule is O=P(O)(O)[O][Mo](=[O])(=[O])[O-].[NH4+]. The first kappa shape index (κ1) is 12.9. The number of hydrogen-bond acceptors (Lipinski definition) is 5. The van der Waals surface area contributed by atoms with Crippen molar-refractivity contribution in [1.82, 2.24) is 6.15 Å². The molecule has 10 heteroatoms. The summed E-state index contributed by atoms with van der Waals surface area (Å²) in [6, 6.07) is 0. The standard InChI is InChI=1S/Mo.H3N.H3O4P.3O/c;;1-5(2,3)4;;;/h;1H3;(H3,1,2,3,4);;;/q+1;;;;;-1. The van der Waals surface area contributed by atoms with Gasteiger partial charge in [-0.1, -0.05) is 0 Å². The van der Waals surface area contributed by atoms with E-state index >= 15 is 0 Å². The van der Waals surface area contributed by atoms with Crippen molar-refractivity contribution in [3.8, 4) is 0 Å². The van der Waals surface area contributed by atoms with E-state index in [2.05, 4.69) is 3.18 Å². The Hall–Kier alpha value is 0.318. The molecule has 0 radical (unpaired) electrons. The molecular formula is H6MoNO7P. The number of rotatable bonds is 2. The second-order valence-electron chi connectivity index (χ2n) is 0.973. The van der Waals surface area contributed by atoms with Gasteiger partial charge in [-0.15, -0.1) is 0 Å². The smallest absolute Gasteiger partial charge is 0.369 e. The minimum Gasteiger partial charge on any atom is -0.369 e. The van der Waals surface area contributed by atoms with Crippen LogP contribution >= 0.6 is 7.82 Å². The Morgan fingerprint density at radius 2 is 1.70 bits per heavy atom. The predicted octanol–water partition coefficient (Wildman–Crippen LogP) is -1.49. The van der Waals surface area contributed by atoms with Gasteiger partial charge in [0.05, 0.1) is 0 Å². The van der Waals surface area contributed by atoms with Gasteiger partial charge in [-0.3, -0.25) is 0 Å². The minimum atomic E-state index is -6.28. The summed E-state index contributed by atoms with van der Waals surface area (Å²) in [5.74, 6) is 0. The molecule has 0 fully saturated rings. The van der Waals surface area contributed by atoms with Crippen LogP contribution in [0.5, 0.6) is 0 Å². The van der Waals surface area contributed by atoms with Gasteiger partial charge in [0, 0.05) is 0 Å². The molecule has 0 aliphatic rings. The Balaban J connectivity index is 0. The van der Waals surface area contributed by atoms with Crippen molar-refractivity contribution in [3.05, 3.63) is 0 Å². The first-order chi connectivity index (χ1) is 3.71. The van der Waals surface area contributed by atoms with Gasteiger partial charge in [-0.05, 0) is 0 Å². The summed E-state index contributed by atoms with van der Waals surface area (Å²) in [6.07, 6.45) is 0. The van der Waals surface area contributed by atoms with Gasteiger partial charge < -0.3 is 6.15 Å². The normalized spacial score (nSPS) is 12.3. The molecule has 0 bridgehead atoms. The third-order valence-corrected chi connectivity index (χ3v) is 3.34. The quantitative estimate of drug-likeness (QED) is 0.401. The van der Waals surface area contributed by atoms with Crippen LogP contribution in [0.1, 0.15) is 0 Å². The first-order valence-corrected chi connectivity index (χ1v) is 6.24. The molecule has 0 atom stereocenters. The van der Waals surface area contributed by atoms with E-state index in [-0.39, 0.29) is 6.15 Å². The monoisotopic (exact) mass is 261 g/mol. The van der Waals surface area contributed by atoms with Gasteiger partial charge >= 0.3 is 52.7 Å². The van der Waals surface area contributed by atoms with Crippen molar-refractivity contribution in [2.45, 2.75) is 0 Å². The summed E-state index contributed by atoms with van der Waals surface area (Å²) in [6.45, 7) is 0. The molecule has 6 N–H and O–H groups in total. The van der Waals surface area contributed by atoms with Crippen LogP contribution in [0.4, 0.5) is 0 Å². The third kappa shape index (κ3) is 11.2. The van der Waals surface area contributed by atoms with E-state index < -0.39 is 24.6 Å². The van der Waals surface area contributed by atoms with E-state index in [0.717, 1.165) is 0 Å². The van der Waals surface area contributed by atoms with Crippen molar-refractivity contribution in [3.63, 3.8) is 0 Å². The third-order valence-electron chi connectivity index (χ3n) is 0.188. The molecule has 64 valence electrons. The Bertz CT molecular complexity index is 220. The average Bonchev–Trinajstić information content (AvgIpc) is 1.14. The largest absolute Gasteiger partial charge is 0.369 e. The average molecular weight is 259 g/mol. The molecule has 0 saturated carbocycles. The zero-order chi connectivity index (χ0) is 7.71. The second-order valence-corrected chi connectivity index (χ2v) is 5.21. The Kier molecular flexibility index (Phi) is 4.71. The van der Waals surface area contributed by atoms with Gasteiger partial charge in [0.2, 0.25) is 0 Å². The molecule has 10 heavy (non-hydrogen) atoms. The van der Waals surface area contributed by atoms with Crippen molar-refractivity contribution in [2.24, 2.45) is 0 Å². The van der Waals surface area contributed by atoms with Crippen LogP contribution in [0.25, 0.3) is 0 Å². The van der Waals surface area contributed by atoms with E-state index in [4.69, 9.17) is 9.79 Å². The van der Waals surface area contributed by atoms with E-state index in [1.807, 2.05) is 0 Å². The minimum absolute atomic E-state index is 0. The van der Waals surface area contributed by atoms with Crippen molar-refractivity contribution < 1.29 is 44.8 Å². The summed E-state index contributed by atoms with van der Waals surface area (Å²) in [7, 11) is -5.14. The van der Waals surface area contributed by atoms with E-state index in [1.54, 1.807) is 0 Å². The van der Waals surface area contributed by atoms with Crippen molar-refractivity contribution >= 4 is 7.82 Å². The fourth-order valence-corrected chi connectivity index (χ4v) is 2.11. The molecule has 8 nitrogen and oxygen atoms in total. The maximum atomic E-state index is 9.57. The van der Waals surface area contributed by atoms with Crippen LogP contribution < -0.4 is 9.91 Å². The molecule has 0 amide bonds. The molecule has 0 saturated heterocycles. The predicted molar refractivity (Wildman–Crippen MR) is 20.5 cm³/mol. The molecule has 0 rings (SSSR count). The Morgan fingerprint density at radius 1 is 1.40 bits per heavy atom. The molecule has 0 aromatic rings. The molecular weight excluding hydrogens is 253 g/mol. The zero-order valence-electron chi connectivity index (χ0n) is 4.79. The molecule has 0 aromatic heterocycles. The molecule has 0 heterocycles. The van der Waals surface area contributed by atoms with Gasteiger partial charge in [-0.2, -0.15) is 0 Å². The molecule has 0 aliphatic carbocycles. The van der Waals surface area contributed by atoms with Crippen molar-refractivity contribution in [2.75, 3.05) is 0 Å². The maximum absolute atomic E-state index is 9.57. The van der Waals surface area contributed by atoms with Crippen LogP contribution in [0.15, 0.2) is 0 Å². The van der Waals surface area contributed by atoms with Crippen LogP contribution in [0.3, 0.4) is 0 Å². The van der Waals surface area contributed by atoms with Gasteiger partial charge in [0.1, 0.15) is 0 Å². The molecule has 0 aliphatic heterocycles. The van der Waals surface area contributed by atoms with Crippen LogP contribution in [-0.2, 0) is 31.3 Å².